The molecule has 1 aliphatic heterocycles. The van der Waals surface area contributed by atoms with Gasteiger partial charge in [0.05, 0.1) is 18.6 Å². The molecule has 3 rings (SSSR count). The Morgan fingerprint density at radius 2 is 1.88 bits per heavy atom. The zero-order valence-corrected chi connectivity index (χ0v) is 14.0. The maximum atomic E-state index is 12.7. The fraction of sp³-hybridized carbons (Fsp3) is 0.211. The summed E-state index contributed by atoms with van der Waals surface area (Å²) in [5.41, 5.74) is 1.14. The van der Waals surface area contributed by atoms with Crippen LogP contribution in [0.4, 0.5) is 5.69 Å². The van der Waals surface area contributed by atoms with Crippen molar-refractivity contribution >= 4 is 34.2 Å². The second kappa shape index (κ2) is 6.76. The number of hydrogen-bond donors (Lipinski definition) is 2. The maximum absolute atomic E-state index is 12.7. The van der Waals surface area contributed by atoms with Crippen LogP contribution >= 0.6 is 0 Å². The van der Waals surface area contributed by atoms with Crippen molar-refractivity contribution in [2.45, 2.75) is 13.3 Å². The highest BCUT2D eigenvalue weighted by atomic mass is 16.5. The van der Waals surface area contributed by atoms with Gasteiger partial charge in [0.1, 0.15) is 0 Å². The SMILES string of the molecule is COC(=O)C1=C(C)NC(=O)C[C@@H]1C(=O)Nc1ccc2ccccc2c1. The van der Waals surface area contributed by atoms with Gasteiger partial charge in [0, 0.05) is 17.8 Å². The largest absolute Gasteiger partial charge is 0.466 e. The molecule has 0 bridgehead atoms. The standard InChI is InChI=1S/C19H18N2O4/c1-11-17(19(24)25-2)15(10-16(22)20-11)18(23)21-14-8-7-12-5-3-4-6-13(12)9-14/h3-9,15H,10H2,1-2H3,(H,20,22)(H,21,23)/t15-/m0/s1. The molecule has 0 spiro atoms. The summed E-state index contributed by atoms with van der Waals surface area (Å²) in [6, 6.07) is 13.3. The number of ether oxygens (including phenoxy) is 1. The van der Waals surface area contributed by atoms with Gasteiger partial charge in [0.2, 0.25) is 11.8 Å². The number of rotatable bonds is 3. The van der Waals surface area contributed by atoms with Gasteiger partial charge >= 0.3 is 5.97 Å². The molecule has 2 amide bonds. The third-order valence-corrected chi connectivity index (χ3v) is 4.21. The fourth-order valence-corrected chi connectivity index (χ4v) is 3.00. The van der Waals surface area contributed by atoms with Gasteiger partial charge in [-0.3, -0.25) is 9.59 Å². The molecule has 0 aromatic heterocycles. The highest BCUT2D eigenvalue weighted by Crippen LogP contribution is 2.26. The molecule has 6 heteroatoms. The highest BCUT2D eigenvalue weighted by molar-refractivity contribution is 6.06. The van der Waals surface area contributed by atoms with Gasteiger partial charge in [0.15, 0.2) is 0 Å². The van der Waals surface area contributed by atoms with Crippen LogP contribution in [0, 0.1) is 5.92 Å². The number of methoxy groups -OCH3 is 1. The summed E-state index contributed by atoms with van der Waals surface area (Å²) in [5.74, 6) is -2.21. The Labute approximate surface area is 144 Å². The first-order chi connectivity index (χ1) is 12.0. The molecular weight excluding hydrogens is 320 g/mol. The molecule has 0 aliphatic carbocycles. The summed E-state index contributed by atoms with van der Waals surface area (Å²) in [7, 11) is 1.25. The highest BCUT2D eigenvalue weighted by Gasteiger charge is 2.36. The van der Waals surface area contributed by atoms with Crippen LogP contribution in [0.25, 0.3) is 10.8 Å². The number of esters is 1. The van der Waals surface area contributed by atoms with Gasteiger partial charge in [-0.15, -0.1) is 0 Å². The number of hydrogen-bond acceptors (Lipinski definition) is 4. The average Bonchev–Trinajstić information content (AvgIpc) is 2.60. The fourth-order valence-electron chi connectivity index (χ4n) is 3.00. The first-order valence-electron chi connectivity index (χ1n) is 7.88. The summed E-state index contributed by atoms with van der Waals surface area (Å²) in [6.07, 6.45) is -0.0960. The van der Waals surface area contributed by atoms with Crippen molar-refractivity contribution in [3.05, 3.63) is 53.7 Å². The topological polar surface area (TPSA) is 84.5 Å². The monoisotopic (exact) mass is 338 g/mol. The third-order valence-electron chi connectivity index (χ3n) is 4.21. The van der Waals surface area contributed by atoms with E-state index in [9.17, 15) is 14.4 Å². The molecule has 2 aromatic carbocycles. The molecule has 0 radical (unpaired) electrons. The average molecular weight is 338 g/mol. The number of fused-ring (bicyclic) bond motifs is 1. The van der Waals surface area contributed by atoms with Crippen molar-refractivity contribution < 1.29 is 19.1 Å². The van der Waals surface area contributed by atoms with Gasteiger partial charge < -0.3 is 15.4 Å². The molecule has 1 heterocycles. The molecule has 0 saturated heterocycles. The Kier molecular flexibility index (Phi) is 4.52. The number of anilines is 1. The van der Waals surface area contributed by atoms with Gasteiger partial charge in [-0.1, -0.05) is 30.3 Å². The lowest BCUT2D eigenvalue weighted by molar-refractivity contribution is -0.139. The Morgan fingerprint density at radius 3 is 2.60 bits per heavy atom. The summed E-state index contributed by atoms with van der Waals surface area (Å²) in [4.78, 5) is 36.5. The smallest absolute Gasteiger partial charge is 0.336 e. The number of benzene rings is 2. The van der Waals surface area contributed by atoms with Crippen molar-refractivity contribution in [2.24, 2.45) is 5.92 Å². The lowest BCUT2D eigenvalue weighted by Gasteiger charge is -2.25. The number of amides is 2. The van der Waals surface area contributed by atoms with Crippen LogP contribution in [0.2, 0.25) is 0 Å². The molecule has 0 fully saturated rings. The summed E-state index contributed by atoms with van der Waals surface area (Å²) in [6.45, 7) is 1.58. The van der Waals surface area contributed by atoms with Crippen molar-refractivity contribution in [1.29, 1.82) is 0 Å². The van der Waals surface area contributed by atoms with Crippen LogP contribution in [-0.4, -0.2) is 24.9 Å². The minimum Gasteiger partial charge on any atom is -0.466 e. The molecular formula is C19H18N2O4. The molecule has 2 N–H and O–H groups in total. The first kappa shape index (κ1) is 16.7. The van der Waals surface area contributed by atoms with E-state index in [-0.39, 0.29) is 17.9 Å². The quantitative estimate of drug-likeness (QED) is 0.842. The minimum absolute atomic E-state index is 0.0960. The lowest BCUT2D eigenvalue weighted by Crippen LogP contribution is -2.40. The number of allylic oxidation sites excluding steroid dienone is 1. The van der Waals surface area contributed by atoms with E-state index in [1.54, 1.807) is 13.0 Å². The van der Waals surface area contributed by atoms with Crippen molar-refractivity contribution in [3.63, 3.8) is 0 Å². The Morgan fingerprint density at radius 1 is 1.16 bits per heavy atom. The molecule has 0 saturated carbocycles. The van der Waals surface area contributed by atoms with Crippen molar-refractivity contribution in [2.75, 3.05) is 12.4 Å². The summed E-state index contributed by atoms with van der Waals surface area (Å²) in [5, 5.41) is 7.42. The zero-order chi connectivity index (χ0) is 18.0. The molecule has 6 nitrogen and oxygen atoms in total. The Balaban J connectivity index is 1.88. The van der Waals surface area contributed by atoms with E-state index in [1.165, 1.54) is 7.11 Å². The molecule has 1 aliphatic rings. The number of nitrogens with one attached hydrogen (secondary N) is 2. The zero-order valence-electron chi connectivity index (χ0n) is 14.0. The normalized spacial score (nSPS) is 17.2. The van der Waals surface area contributed by atoms with Crippen molar-refractivity contribution in [3.8, 4) is 0 Å². The molecule has 0 unspecified atom stereocenters. The Hall–Kier alpha value is -3.15. The van der Waals surface area contributed by atoms with Gasteiger partial charge in [-0.25, -0.2) is 4.79 Å². The second-order valence-electron chi connectivity index (χ2n) is 5.89. The Bertz CT molecular complexity index is 901. The van der Waals surface area contributed by atoms with Crippen LogP contribution in [0.15, 0.2) is 53.7 Å². The molecule has 25 heavy (non-hydrogen) atoms. The van der Waals surface area contributed by atoms with Gasteiger partial charge in [0.25, 0.3) is 0 Å². The van der Waals surface area contributed by atoms with E-state index in [0.29, 0.717) is 11.4 Å². The van der Waals surface area contributed by atoms with Crippen LogP contribution in [-0.2, 0) is 19.1 Å². The van der Waals surface area contributed by atoms with E-state index in [0.717, 1.165) is 10.8 Å². The molecule has 1 atom stereocenters. The predicted molar refractivity (Wildman–Crippen MR) is 93.5 cm³/mol. The molecule has 2 aromatic rings. The number of carbonyl (C=O) groups is 3. The van der Waals surface area contributed by atoms with Gasteiger partial charge in [-0.2, -0.15) is 0 Å². The molecule has 128 valence electrons. The van der Waals surface area contributed by atoms with Crippen molar-refractivity contribution in [1.82, 2.24) is 5.32 Å². The van der Waals surface area contributed by atoms with E-state index >= 15 is 0 Å². The van der Waals surface area contributed by atoms with E-state index < -0.39 is 17.8 Å². The van der Waals surface area contributed by atoms with Gasteiger partial charge in [-0.05, 0) is 29.8 Å². The maximum Gasteiger partial charge on any atom is 0.336 e. The minimum atomic E-state index is -0.882. The first-order valence-corrected chi connectivity index (χ1v) is 7.88. The van der Waals surface area contributed by atoms with Crippen LogP contribution < -0.4 is 10.6 Å². The van der Waals surface area contributed by atoms with Crippen LogP contribution in [0.5, 0.6) is 0 Å². The summed E-state index contributed by atoms with van der Waals surface area (Å²) >= 11 is 0. The third kappa shape index (κ3) is 3.38. The summed E-state index contributed by atoms with van der Waals surface area (Å²) < 4.78 is 4.76. The second-order valence-corrected chi connectivity index (χ2v) is 5.89. The van der Waals surface area contributed by atoms with E-state index in [1.807, 2.05) is 36.4 Å². The van der Waals surface area contributed by atoms with E-state index in [4.69, 9.17) is 4.74 Å². The van der Waals surface area contributed by atoms with Crippen LogP contribution in [0.1, 0.15) is 13.3 Å². The predicted octanol–water partition coefficient (Wildman–Crippen LogP) is 2.36. The van der Waals surface area contributed by atoms with Crippen LogP contribution in [0.3, 0.4) is 0 Å². The number of carbonyl (C=O) groups excluding carboxylic acids is 3. The van der Waals surface area contributed by atoms with E-state index in [2.05, 4.69) is 10.6 Å². The lowest BCUT2D eigenvalue weighted by atomic mass is 9.89.